The van der Waals surface area contributed by atoms with Gasteiger partial charge in [0.25, 0.3) is 0 Å². The van der Waals surface area contributed by atoms with Crippen LogP contribution in [0.1, 0.15) is 17.0 Å². The molecule has 12 heteroatoms. The van der Waals surface area contributed by atoms with Crippen LogP contribution in [0.15, 0.2) is 60.9 Å². The number of amides is 2. The van der Waals surface area contributed by atoms with Crippen molar-refractivity contribution in [2.24, 2.45) is 0 Å². The Hall–Kier alpha value is -4.45. The highest BCUT2D eigenvalue weighted by Crippen LogP contribution is 2.32. The first-order chi connectivity index (χ1) is 18.9. The number of rotatable bonds is 9. The van der Waals surface area contributed by atoms with Crippen molar-refractivity contribution in [3.8, 4) is 11.6 Å². The van der Waals surface area contributed by atoms with Gasteiger partial charge in [0.15, 0.2) is 11.6 Å². The van der Waals surface area contributed by atoms with E-state index in [1.807, 2.05) is 42.2 Å². The van der Waals surface area contributed by atoms with Gasteiger partial charge < -0.3 is 19.7 Å². The van der Waals surface area contributed by atoms with Crippen molar-refractivity contribution >= 4 is 17.5 Å². The number of urea groups is 1. The molecule has 2 amide bonds. The van der Waals surface area contributed by atoms with Gasteiger partial charge in [0, 0.05) is 32.3 Å². The molecule has 2 aromatic carbocycles. The van der Waals surface area contributed by atoms with Gasteiger partial charge in [-0.25, -0.2) is 18.3 Å². The fourth-order valence-electron chi connectivity index (χ4n) is 4.71. The van der Waals surface area contributed by atoms with Gasteiger partial charge in [-0.1, -0.05) is 24.3 Å². The number of carbonyl (C=O) groups excluding carboxylic acids is 1. The molecule has 1 fully saturated rings. The van der Waals surface area contributed by atoms with Gasteiger partial charge >= 0.3 is 6.03 Å². The third-order valence-electron chi connectivity index (χ3n) is 6.69. The standard InChI is InChI=1S/C27H29F2N7O3/c1-17-25(36(19-6-4-3-5-7-19)34-26(17)39-11-10-38-2)33-27(37)32-24-16-35(20-13-30-31-14-20)15-21(24)18-8-9-22(28)23(29)12-18/h3-9,12-14,21,24H,10-11,15-16H2,1-2H3,(H,30,31)(H2,32,33,37). The second kappa shape index (κ2) is 11.5. The second-order valence-electron chi connectivity index (χ2n) is 9.21. The summed E-state index contributed by atoms with van der Waals surface area (Å²) in [5, 5.41) is 17.3. The number of aromatic amines is 1. The summed E-state index contributed by atoms with van der Waals surface area (Å²) in [6, 6.07) is 12.3. The van der Waals surface area contributed by atoms with Gasteiger partial charge in [-0.15, -0.1) is 5.10 Å². The lowest BCUT2D eigenvalue weighted by atomic mass is 9.94. The number of carbonyl (C=O) groups is 1. The predicted octanol–water partition coefficient (Wildman–Crippen LogP) is 4.00. The largest absolute Gasteiger partial charge is 0.474 e. The fourth-order valence-corrected chi connectivity index (χ4v) is 4.71. The molecular weight excluding hydrogens is 508 g/mol. The molecule has 1 aliphatic heterocycles. The van der Waals surface area contributed by atoms with Crippen molar-refractivity contribution in [2.75, 3.05) is 43.6 Å². The Balaban J connectivity index is 1.39. The van der Waals surface area contributed by atoms with Crippen LogP contribution >= 0.6 is 0 Å². The molecule has 2 aromatic heterocycles. The van der Waals surface area contributed by atoms with Gasteiger partial charge in [0.05, 0.1) is 35.8 Å². The van der Waals surface area contributed by atoms with Crippen LogP contribution in [0.4, 0.5) is 25.1 Å². The lowest BCUT2D eigenvalue weighted by Gasteiger charge is -2.21. The monoisotopic (exact) mass is 537 g/mol. The highest BCUT2D eigenvalue weighted by molar-refractivity contribution is 5.90. The van der Waals surface area contributed by atoms with Crippen LogP contribution in [0.25, 0.3) is 5.69 Å². The number of hydrogen-bond donors (Lipinski definition) is 3. The summed E-state index contributed by atoms with van der Waals surface area (Å²) >= 11 is 0. The number of hydrogen-bond acceptors (Lipinski definition) is 6. The van der Waals surface area contributed by atoms with Crippen LogP contribution in [-0.4, -0.2) is 65.5 Å². The third-order valence-corrected chi connectivity index (χ3v) is 6.69. The van der Waals surface area contributed by atoms with Crippen LogP contribution in [0.5, 0.6) is 5.88 Å². The first-order valence-corrected chi connectivity index (χ1v) is 12.5. The molecule has 2 unspecified atom stereocenters. The number of anilines is 2. The van der Waals surface area contributed by atoms with E-state index in [1.165, 1.54) is 6.07 Å². The summed E-state index contributed by atoms with van der Waals surface area (Å²) in [5.41, 5.74) is 2.81. The van der Waals surface area contributed by atoms with E-state index in [4.69, 9.17) is 9.47 Å². The second-order valence-corrected chi connectivity index (χ2v) is 9.21. The van der Waals surface area contributed by atoms with Crippen molar-refractivity contribution in [1.29, 1.82) is 0 Å². The molecule has 10 nitrogen and oxygen atoms in total. The van der Waals surface area contributed by atoms with Gasteiger partial charge in [-0.3, -0.25) is 10.4 Å². The molecule has 5 rings (SSSR count). The van der Waals surface area contributed by atoms with E-state index < -0.39 is 23.7 Å². The molecule has 3 N–H and O–H groups in total. The maximum Gasteiger partial charge on any atom is 0.320 e. The molecular formula is C27H29F2N7O3. The number of ether oxygens (including phenoxy) is 2. The zero-order valence-electron chi connectivity index (χ0n) is 21.5. The van der Waals surface area contributed by atoms with E-state index in [2.05, 4.69) is 25.9 Å². The summed E-state index contributed by atoms with van der Waals surface area (Å²) < 4.78 is 40.2. The average molecular weight is 538 g/mol. The highest BCUT2D eigenvalue weighted by atomic mass is 19.2. The molecule has 0 saturated carbocycles. The van der Waals surface area contributed by atoms with Gasteiger partial charge in [0.2, 0.25) is 5.88 Å². The fraction of sp³-hybridized carbons (Fsp3) is 0.296. The Bertz CT molecular complexity index is 1410. The van der Waals surface area contributed by atoms with Crippen LogP contribution in [0.3, 0.4) is 0 Å². The van der Waals surface area contributed by atoms with E-state index in [1.54, 1.807) is 30.3 Å². The SMILES string of the molecule is COCCOc1nn(-c2ccccc2)c(NC(=O)NC2CN(c3cn[nH]c3)CC2c2ccc(F)c(F)c2)c1C. The van der Waals surface area contributed by atoms with Gasteiger partial charge in [0.1, 0.15) is 12.4 Å². The Morgan fingerprint density at radius 2 is 1.92 bits per heavy atom. The number of H-pyrrole nitrogens is 1. The number of nitrogens with zero attached hydrogens (tertiary/aromatic N) is 4. The summed E-state index contributed by atoms with van der Waals surface area (Å²) in [4.78, 5) is 15.4. The van der Waals surface area contributed by atoms with E-state index >= 15 is 0 Å². The van der Waals surface area contributed by atoms with Crippen molar-refractivity contribution in [3.63, 3.8) is 0 Å². The molecule has 3 heterocycles. The topological polar surface area (TPSA) is 109 Å². The van der Waals surface area contributed by atoms with Crippen molar-refractivity contribution in [2.45, 2.75) is 18.9 Å². The van der Waals surface area contributed by atoms with Crippen molar-refractivity contribution in [1.82, 2.24) is 25.3 Å². The number of nitrogens with one attached hydrogen (secondary N) is 3. The summed E-state index contributed by atoms with van der Waals surface area (Å²) in [5.74, 6) is -1.33. The number of para-hydroxylation sites is 1. The van der Waals surface area contributed by atoms with Crippen molar-refractivity contribution in [3.05, 3.63) is 83.7 Å². The zero-order valence-corrected chi connectivity index (χ0v) is 21.5. The molecule has 0 bridgehead atoms. The maximum atomic E-state index is 14.1. The van der Waals surface area contributed by atoms with E-state index in [0.717, 1.165) is 17.4 Å². The molecule has 4 aromatic rings. The lowest BCUT2D eigenvalue weighted by Crippen LogP contribution is -2.42. The smallest absolute Gasteiger partial charge is 0.320 e. The Morgan fingerprint density at radius 3 is 2.64 bits per heavy atom. The third kappa shape index (κ3) is 5.70. The van der Waals surface area contributed by atoms with Crippen LogP contribution in [0.2, 0.25) is 0 Å². The van der Waals surface area contributed by atoms with E-state index in [-0.39, 0.29) is 5.92 Å². The molecule has 204 valence electrons. The first kappa shape index (κ1) is 26.2. The molecule has 39 heavy (non-hydrogen) atoms. The minimum atomic E-state index is -0.930. The zero-order chi connectivity index (χ0) is 27.4. The van der Waals surface area contributed by atoms with E-state index in [0.29, 0.717) is 49.1 Å². The molecule has 2 atom stereocenters. The Morgan fingerprint density at radius 1 is 1.10 bits per heavy atom. The number of halogens is 2. The van der Waals surface area contributed by atoms with Crippen molar-refractivity contribution < 1.29 is 23.0 Å². The van der Waals surface area contributed by atoms with Crippen LogP contribution in [0, 0.1) is 18.6 Å². The number of benzene rings is 2. The number of aromatic nitrogens is 4. The maximum absolute atomic E-state index is 14.1. The molecule has 0 spiro atoms. The van der Waals surface area contributed by atoms with Gasteiger partial charge in [-0.2, -0.15) is 5.10 Å². The normalized spacial score (nSPS) is 16.9. The van der Waals surface area contributed by atoms with E-state index in [9.17, 15) is 13.6 Å². The first-order valence-electron chi connectivity index (χ1n) is 12.5. The number of methoxy groups -OCH3 is 1. The molecule has 0 radical (unpaired) electrons. The molecule has 1 saturated heterocycles. The van der Waals surface area contributed by atoms with Crippen LogP contribution in [-0.2, 0) is 4.74 Å². The average Bonchev–Trinajstić information content (AvgIpc) is 3.68. The molecule has 1 aliphatic rings. The lowest BCUT2D eigenvalue weighted by molar-refractivity contribution is 0.143. The Labute approximate surface area is 223 Å². The summed E-state index contributed by atoms with van der Waals surface area (Å²) in [7, 11) is 1.58. The highest BCUT2D eigenvalue weighted by Gasteiger charge is 2.36. The predicted molar refractivity (Wildman–Crippen MR) is 142 cm³/mol. The summed E-state index contributed by atoms with van der Waals surface area (Å²) in [6.07, 6.45) is 3.43. The minimum Gasteiger partial charge on any atom is -0.474 e. The van der Waals surface area contributed by atoms with Gasteiger partial charge in [-0.05, 0) is 36.8 Å². The quantitative estimate of drug-likeness (QED) is 0.279. The van der Waals surface area contributed by atoms with Crippen LogP contribution < -0.4 is 20.3 Å². The Kier molecular flexibility index (Phi) is 7.73. The summed E-state index contributed by atoms with van der Waals surface area (Å²) in [6.45, 7) is 3.43. The minimum absolute atomic E-state index is 0.297. The molecule has 0 aliphatic carbocycles.